The molecule has 0 aliphatic carbocycles. The lowest BCUT2D eigenvalue weighted by molar-refractivity contribution is -0.274. The maximum Gasteiger partial charge on any atom is 0.573 e. The van der Waals surface area contributed by atoms with Crippen molar-refractivity contribution in [3.63, 3.8) is 0 Å². The molecule has 0 atom stereocenters. The van der Waals surface area contributed by atoms with Crippen LogP contribution in [0.3, 0.4) is 0 Å². The Morgan fingerprint density at radius 1 is 1.26 bits per heavy atom. The first-order valence-corrected chi connectivity index (χ1v) is 6.84. The zero-order chi connectivity index (χ0) is 17.2. The number of alkyl halides is 3. The molecule has 0 saturated heterocycles. The molecule has 0 fully saturated rings. The van der Waals surface area contributed by atoms with Crippen LogP contribution in [-0.2, 0) is 11.2 Å². The van der Waals surface area contributed by atoms with Crippen LogP contribution in [0.15, 0.2) is 30.5 Å². The SMILES string of the molecule is O=C(O)Cc1c(Cl)cnc(-c2ccccc2OC(F)(F)F)c1Cl. The van der Waals surface area contributed by atoms with Gasteiger partial charge in [-0.2, -0.15) is 0 Å². The average Bonchev–Trinajstić information content (AvgIpc) is 2.43. The number of hydrogen-bond donors (Lipinski definition) is 1. The van der Waals surface area contributed by atoms with E-state index in [1.54, 1.807) is 0 Å². The van der Waals surface area contributed by atoms with Crippen molar-refractivity contribution >= 4 is 29.2 Å². The summed E-state index contributed by atoms with van der Waals surface area (Å²) in [4.78, 5) is 14.8. The Hall–Kier alpha value is -1.99. The summed E-state index contributed by atoms with van der Waals surface area (Å²) in [5, 5.41) is 8.74. The van der Waals surface area contributed by atoms with E-state index in [-0.39, 0.29) is 26.9 Å². The maximum absolute atomic E-state index is 12.5. The number of para-hydroxylation sites is 1. The van der Waals surface area contributed by atoms with Gasteiger partial charge in [0.25, 0.3) is 0 Å². The van der Waals surface area contributed by atoms with Crippen LogP contribution in [-0.4, -0.2) is 22.4 Å². The van der Waals surface area contributed by atoms with Crippen molar-refractivity contribution < 1.29 is 27.8 Å². The van der Waals surface area contributed by atoms with Crippen LogP contribution in [0.25, 0.3) is 11.3 Å². The van der Waals surface area contributed by atoms with E-state index in [0.29, 0.717) is 0 Å². The molecule has 0 radical (unpaired) electrons. The summed E-state index contributed by atoms with van der Waals surface area (Å²) >= 11 is 11.9. The Morgan fingerprint density at radius 2 is 1.91 bits per heavy atom. The highest BCUT2D eigenvalue weighted by molar-refractivity contribution is 6.37. The predicted molar refractivity (Wildman–Crippen MR) is 77.7 cm³/mol. The molecule has 1 aromatic heterocycles. The van der Waals surface area contributed by atoms with E-state index in [0.717, 1.165) is 12.3 Å². The smallest absolute Gasteiger partial charge is 0.481 e. The zero-order valence-electron chi connectivity index (χ0n) is 11.2. The zero-order valence-corrected chi connectivity index (χ0v) is 12.7. The fourth-order valence-electron chi connectivity index (χ4n) is 1.88. The molecule has 0 unspecified atom stereocenters. The van der Waals surface area contributed by atoms with Gasteiger partial charge in [0.15, 0.2) is 0 Å². The summed E-state index contributed by atoms with van der Waals surface area (Å²) in [5.74, 6) is -1.69. The van der Waals surface area contributed by atoms with Crippen LogP contribution in [0, 0.1) is 0 Å². The van der Waals surface area contributed by atoms with Crippen molar-refractivity contribution in [3.05, 3.63) is 46.1 Å². The molecule has 0 saturated carbocycles. The van der Waals surface area contributed by atoms with E-state index in [2.05, 4.69) is 9.72 Å². The maximum atomic E-state index is 12.5. The lowest BCUT2D eigenvalue weighted by Gasteiger charge is -2.15. The molecule has 9 heteroatoms. The van der Waals surface area contributed by atoms with Gasteiger partial charge in [-0.1, -0.05) is 35.3 Å². The third-order valence-electron chi connectivity index (χ3n) is 2.76. The van der Waals surface area contributed by atoms with E-state index in [4.69, 9.17) is 28.3 Å². The number of halogens is 5. The molecular weight excluding hydrogens is 358 g/mol. The Bertz CT molecular complexity index is 751. The Balaban J connectivity index is 2.57. The Morgan fingerprint density at radius 3 is 2.52 bits per heavy atom. The molecule has 23 heavy (non-hydrogen) atoms. The molecule has 0 spiro atoms. The van der Waals surface area contributed by atoms with Gasteiger partial charge in [-0.05, 0) is 12.1 Å². The Labute approximate surface area is 138 Å². The second-order valence-electron chi connectivity index (χ2n) is 4.36. The standard InChI is InChI=1S/C14H8Cl2F3NO3/c15-9-6-20-13(12(16)8(9)5-11(21)22)7-3-1-2-4-10(7)23-14(17,18)19/h1-4,6H,5H2,(H,21,22). The third kappa shape index (κ3) is 4.27. The van der Waals surface area contributed by atoms with Crippen LogP contribution >= 0.6 is 23.2 Å². The van der Waals surface area contributed by atoms with Crippen LogP contribution in [0.4, 0.5) is 13.2 Å². The van der Waals surface area contributed by atoms with Crippen molar-refractivity contribution in [3.8, 4) is 17.0 Å². The summed E-state index contributed by atoms with van der Waals surface area (Å²) < 4.78 is 41.4. The quantitative estimate of drug-likeness (QED) is 0.861. The second-order valence-corrected chi connectivity index (χ2v) is 5.15. The molecule has 0 amide bonds. The lowest BCUT2D eigenvalue weighted by atomic mass is 10.1. The molecule has 4 nitrogen and oxygen atoms in total. The number of ether oxygens (including phenoxy) is 1. The minimum atomic E-state index is -4.89. The van der Waals surface area contributed by atoms with E-state index in [1.165, 1.54) is 18.2 Å². The molecule has 1 N–H and O–H groups in total. The first kappa shape index (κ1) is 17.4. The van der Waals surface area contributed by atoms with Crippen LogP contribution in [0.2, 0.25) is 10.0 Å². The largest absolute Gasteiger partial charge is 0.573 e. The Kier molecular flexibility index (Phi) is 5.01. The average molecular weight is 366 g/mol. The van der Waals surface area contributed by atoms with Gasteiger partial charge in [0.05, 0.1) is 22.2 Å². The van der Waals surface area contributed by atoms with Crippen molar-refractivity contribution in [1.82, 2.24) is 4.98 Å². The van der Waals surface area contributed by atoms with Crippen LogP contribution in [0.1, 0.15) is 5.56 Å². The molecule has 1 aromatic carbocycles. The summed E-state index contributed by atoms with van der Waals surface area (Å²) in [7, 11) is 0. The van der Waals surface area contributed by atoms with E-state index < -0.39 is 24.5 Å². The fourth-order valence-corrected chi connectivity index (χ4v) is 2.46. The van der Waals surface area contributed by atoms with Gasteiger partial charge in [0.2, 0.25) is 0 Å². The summed E-state index contributed by atoms with van der Waals surface area (Å²) in [6.45, 7) is 0. The molecule has 1 heterocycles. The highest BCUT2D eigenvalue weighted by Gasteiger charge is 2.32. The van der Waals surface area contributed by atoms with Gasteiger partial charge >= 0.3 is 12.3 Å². The van der Waals surface area contributed by atoms with Gasteiger partial charge in [0.1, 0.15) is 5.75 Å². The number of pyridine rings is 1. The van der Waals surface area contributed by atoms with Gasteiger partial charge in [0, 0.05) is 17.3 Å². The number of aliphatic carboxylic acids is 1. The predicted octanol–water partition coefficient (Wildman–Crippen LogP) is 4.58. The number of hydrogen-bond acceptors (Lipinski definition) is 3. The number of aromatic nitrogens is 1. The third-order valence-corrected chi connectivity index (χ3v) is 3.50. The minimum absolute atomic E-state index is 0.00960. The molecule has 2 aromatic rings. The van der Waals surface area contributed by atoms with E-state index in [9.17, 15) is 18.0 Å². The van der Waals surface area contributed by atoms with Gasteiger partial charge < -0.3 is 9.84 Å². The summed E-state index contributed by atoms with van der Waals surface area (Å²) in [6.07, 6.45) is -4.25. The lowest BCUT2D eigenvalue weighted by Crippen LogP contribution is -2.17. The fraction of sp³-hybridized carbons (Fsp3) is 0.143. The van der Waals surface area contributed by atoms with Crippen molar-refractivity contribution in [1.29, 1.82) is 0 Å². The molecule has 122 valence electrons. The number of carboxylic acids is 1. The van der Waals surface area contributed by atoms with E-state index in [1.807, 2.05) is 0 Å². The molecular formula is C14H8Cl2F3NO3. The number of rotatable bonds is 4. The number of benzene rings is 1. The van der Waals surface area contributed by atoms with Crippen LogP contribution < -0.4 is 4.74 Å². The molecule has 0 aliphatic heterocycles. The van der Waals surface area contributed by atoms with Gasteiger partial charge in [-0.3, -0.25) is 9.78 Å². The van der Waals surface area contributed by atoms with E-state index >= 15 is 0 Å². The summed E-state index contributed by atoms with van der Waals surface area (Å²) in [6, 6.07) is 5.26. The summed E-state index contributed by atoms with van der Waals surface area (Å²) in [5.41, 5.74) is -0.0158. The highest BCUT2D eigenvalue weighted by Crippen LogP contribution is 2.39. The molecule has 0 bridgehead atoms. The second kappa shape index (κ2) is 6.64. The van der Waals surface area contributed by atoms with Crippen molar-refractivity contribution in [2.45, 2.75) is 12.8 Å². The molecule has 2 rings (SSSR count). The van der Waals surface area contributed by atoms with Gasteiger partial charge in [-0.15, -0.1) is 13.2 Å². The van der Waals surface area contributed by atoms with Crippen molar-refractivity contribution in [2.24, 2.45) is 0 Å². The normalized spacial score (nSPS) is 11.3. The number of carboxylic acid groups (broad SMARTS) is 1. The minimum Gasteiger partial charge on any atom is -0.481 e. The first-order valence-electron chi connectivity index (χ1n) is 6.09. The molecule has 0 aliphatic rings. The topological polar surface area (TPSA) is 59.4 Å². The number of nitrogens with zero attached hydrogens (tertiary/aromatic N) is 1. The van der Waals surface area contributed by atoms with Crippen LogP contribution in [0.5, 0.6) is 5.75 Å². The van der Waals surface area contributed by atoms with Gasteiger partial charge in [-0.25, -0.2) is 0 Å². The first-order chi connectivity index (χ1) is 10.7. The van der Waals surface area contributed by atoms with Crippen molar-refractivity contribution in [2.75, 3.05) is 0 Å². The monoisotopic (exact) mass is 365 g/mol. The highest BCUT2D eigenvalue weighted by atomic mass is 35.5. The number of carbonyl (C=O) groups is 1.